The lowest BCUT2D eigenvalue weighted by Gasteiger charge is -2.37. The van der Waals surface area contributed by atoms with Crippen LogP contribution < -0.4 is 4.74 Å². The van der Waals surface area contributed by atoms with Gasteiger partial charge in [0.05, 0.1) is 12.6 Å². The lowest BCUT2D eigenvalue weighted by molar-refractivity contribution is 0.255. The number of carbonyl (C=O) groups excluding carboxylic acids is 1. The number of fused-ring (bicyclic) bond motifs is 1. The highest BCUT2D eigenvalue weighted by molar-refractivity contribution is 5.85. The van der Waals surface area contributed by atoms with Crippen LogP contribution in [0.2, 0.25) is 0 Å². The van der Waals surface area contributed by atoms with Crippen LogP contribution in [0.5, 0.6) is 5.75 Å². The van der Waals surface area contributed by atoms with Gasteiger partial charge in [-0.2, -0.15) is 4.99 Å². The summed E-state index contributed by atoms with van der Waals surface area (Å²) in [6.07, 6.45) is 4.56. The maximum atomic E-state index is 10.7. The standard InChI is InChI=1S/C15H15NO3/c1-10-6-11-7-12(8-13(18-2)14(11)19-10)15(16-9-17)4-3-5-15/h6-8H,3-5H2,1-2H3. The quantitative estimate of drug-likeness (QED) is 0.625. The second-order valence-electron chi connectivity index (χ2n) is 5.04. The Morgan fingerprint density at radius 3 is 2.74 bits per heavy atom. The lowest BCUT2D eigenvalue weighted by Crippen LogP contribution is -2.31. The number of nitrogens with zero attached hydrogens (tertiary/aromatic N) is 1. The SMILES string of the molecule is COc1cc(C2(N=C=O)CCC2)cc2cc(C)oc12. The van der Waals surface area contributed by atoms with Gasteiger partial charge in [0.2, 0.25) is 6.08 Å². The largest absolute Gasteiger partial charge is 0.493 e. The van der Waals surface area contributed by atoms with Crippen molar-refractivity contribution in [3.05, 3.63) is 29.5 Å². The third-order valence-corrected chi connectivity index (χ3v) is 3.90. The zero-order valence-corrected chi connectivity index (χ0v) is 11.0. The van der Waals surface area contributed by atoms with Crippen molar-refractivity contribution in [3.63, 3.8) is 0 Å². The highest BCUT2D eigenvalue weighted by Crippen LogP contribution is 2.47. The van der Waals surface area contributed by atoms with E-state index in [1.807, 2.05) is 25.1 Å². The molecule has 0 amide bonds. The Morgan fingerprint density at radius 1 is 1.37 bits per heavy atom. The molecule has 0 aliphatic heterocycles. The third-order valence-electron chi connectivity index (χ3n) is 3.90. The number of methoxy groups -OCH3 is 1. The highest BCUT2D eigenvalue weighted by Gasteiger charge is 2.39. The van der Waals surface area contributed by atoms with Gasteiger partial charge in [-0.05, 0) is 49.9 Å². The van der Waals surface area contributed by atoms with Crippen LogP contribution in [-0.2, 0) is 10.3 Å². The molecule has 1 aromatic carbocycles. The van der Waals surface area contributed by atoms with Gasteiger partial charge in [0, 0.05) is 5.39 Å². The summed E-state index contributed by atoms with van der Waals surface area (Å²) in [6, 6.07) is 5.93. The zero-order valence-electron chi connectivity index (χ0n) is 11.0. The van der Waals surface area contributed by atoms with Gasteiger partial charge in [-0.25, -0.2) is 4.79 Å². The summed E-state index contributed by atoms with van der Waals surface area (Å²) < 4.78 is 11.0. The Labute approximate surface area is 111 Å². The number of hydrogen-bond acceptors (Lipinski definition) is 4. The highest BCUT2D eigenvalue weighted by atomic mass is 16.5. The van der Waals surface area contributed by atoms with Crippen LogP contribution in [-0.4, -0.2) is 13.2 Å². The smallest absolute Gasteiger partial charge is 0.235 e. The molecule has 1 heterocycles. The molecule has 1 saturated carbocycles. The van der Waals surface area contributed by atoms with Gasteiger partial charge >= 0.3 is 0 Å². The Hall–Kier alpha value is -2.06. The minimum Gasteiger partial charge on any atom is -0.493 e. The van der Waals surface area contributed by atoms with E-state index < -0.39 is 5.54 Å². The van der Waals surface area contributed by atoms with E-state index in [1.54, 1.807) is 13.2 Å². The molecule has 1 aliphatic rings. The number of ether oxygens (including phenoxy) is 1. The first-order valence-corrected chi connectivity index (χ1v) is 6.36. The Morgan fingerprint density at radius 2 is 2.16 bits per heavy atom. The van der Waals surface area contributed by atoms with Crippen LogP contribution in [0.15, 0.2) is 27.6 Å². The normalized spacial score (nSPS) is 16.7. The summed E-state index contributed by atoms with van der Waals surface area (Å²) in [5.74, 6) is 1.53. The number of aliphatic imine (C=N–C) groups is 1. The third kappa shape index (κ3) is 1.76. The van der Waals surface area contributed by atoms with E-state index in [9.17, 15) is 4.79 Å². The molecule has 1 aromatic heterocycles. The molecular weight excluding hydrogens is 242 g/mol. The van der Waals surface area contributed by atoms with Gasteiger partial charge < -0.3 is 9.15 Å². The van der Waals surface area contributed by atoms with E-state index in [0.29, 0.717) is 5.75 Å². The second-order valence-corrected chi connectivity index (χ2v) is 5.04. The summed E-state index contributed by atoms with van der Waals surface area (Å²) in [6.45, 7) is 1.90. The summed E-state index contributed by atoms with van der Waals surface area (Å²) in [5, 5.41) is 0.985. The first-order chi connectivity index (χ1) is 9.18. The topological polar surface area (TPSA) is 51.8 Å². The molecule has 1 fully saturated rings. The Kier molecular flexibility index (Phi) is 2.68. The van der Waals surface area contributed by atoms with Crippen molar-refractivity contribution in [2.45, 2.75) is 31.7 Å². The van der Waals surface area contributed by atoms with Crippen molar-refractivity contribution < 1.29 is 13.9 Å². The Bertz CT molecular complexity index is 676. The van der Waals surface area contributed by atoms with Crippen LogP contribution in [0, 0.1) is 6.92 Å². The summed E-state index contributed by atoms with van der Waals surface area (Å²) in [5.41, 5.74) is 1.34. The average Bonchev–Trinajstić information content (AvgIpc) is 2.72. The molecule has 0 spiro atoms. The van der Waals surface area contributed by atoms with Crippen molar-refractivity contribution in [1.82, 2.24) is 0 Å². The van der Waals surface area contributed by atoms with Crippen molar-refractivity contribution >= 4 is 17.0 Å². The van der Waals surface area contributed by atoms with Gasteiger partial charge in [-0.15, -0.1) is 0 Å². The van der Waals surface area contributed by atoms with Crippen molar-refractivity contribution in [1.29, 1.82) is 0 Å². The predicted molar refractivity (Wildman–Crippen MR) is 71.2 cm³/mol. The van der Waals surface area contributed by atoms with Gasteiger partial charge in [-0.3, -0.25) is 0 Å². The van der Waals surface area contributed by atoms with E-state index in [4.69, 9.17) is 9.15 Å². The van der Waals surface area contributed by atoms with Crippen LogP contribution in [0.1, 0.15) is 30.6 Å². The second kappa shape index (κ2) is 4.25. The van der Waals surface area contributed by atoms with Gasteiger partial charge in [0.15, 0.2) is 11.3 Å². The molecule has 2 aromatic rings. The van der Waals surface area contributed by atoms with Crippen LogP contribution >= 0.6 is 0 Å². The van der Waals surface area contributed by atoms with Crippen LogP contribution in [0.3, 0.4) is 0 Å². The molecule has 4 heteroatoms. The molecule has 0 saturated heterocycles. The fraction of sp³-hybridized carbons (Fsp3) is 0.400. The molecule has 0 radical (unpaired) electrons. The molecule has 0 bridgehead atoms. The average molecular weight is 257 g/mol. The molecule has 98 valence electrons. The lowest BCUT2D eigenvalue weighted by atomic mass is 9.72. The van der Waals surface area contributed by atoms with E-state index in [1.165, 1.54) is 0 Å². The molecule has 0 unspecified atom stereocenters. The molecular formula is C15H15NO3. The van der Waals surface area contributed by atoms with Crippen molar-refractivity contribution in [2.24, 2.45) is 4.99 Å². The number of benzene rings is 1. The maximum Gasteiger partial charge on any atom is 0.235 e. The first-order valence-electron chi connectivity index (χ1n) is 6.36. The molecule has 4 nitrogen and oxygen atoms in total. The van der Waals surface area contributed by atoms with E-state index >= 15 is 0 Å². The summed E-state index contributed by atoms with van der Waals surface area (Å²) in [4.78, 5) is 14.7. The summed E-state index contributed by atoms with van der Waals surface area (Å²) in [7, 11) is 1.62. The number of hydrogen-bond donors (Lipinski definition) is 0. The predicted octanol–water partition coefficient (Wildman–Crippen LogP) is 3.46. The van der Waals surface area contributed by atoms with Crippen molar-refractivity contribution in [3.8, 4) is 5.75 Å². The van der Waals surface area contributed by atoms with E-state index in [2.05, 4.69) is 4.99 Å². The zero-order chi connectivity index (χ0) is 13.5. The molecule has 0 N–H and O–H groups in total. The molecule has 1 aliphatic carbocycles. The van der Waals surface area contributed by atoms with Gasteiger partial charge in [0.25, 0.3) is 0 Å². The summed E-state index contributed by atoms with van der Waals surface area (Å²) >= 11 is 0. The first kappa shape index (κ1) is 12.0. The van der Waals surface area contributed by atoms with Crippen LogP contribution in [0.25, 0.3) is 11.0 Å². The van der Waals surface area contributed by atoms with Crippen molar-refractivity contribution in [2.75, 3.05) is 7.11 Å². The molecule has 0 atom stereocenters. The molecule has 3 rings (SSSR count). The number of aryl methyl sites for hydroxylation is 1. The monoisotopic (exact) mass is 257 g/mol. The Balaban J connectivity index is 2.21. The number of rotatable bonds is 3. The number of furan rings is 1. The minimum atomic E-state index is -0.408. The van der Waals surface area contributed by atoms with Gasteiger partial charge in [-0.1, -0.05) is 0 Å². The van der Waals surface area contributed by atoms with Crippen LogP contribution in [0.4, 0.5) is 0 Å². The fourth-order valence-electron chi connectivity index (χ4n) is 2.73. The molecule has 19 heavy (non-hydrogen) atoms. The van der Waals surface area contributed by atoms with E-state index in [-0.39, 0.29) is 0 Å². The fourth-order valence-corrected chi connectivity index (χ4v) is 2.73. The van der Waals surface area contributed by atoms with E-state index in [0.717, 1.165) is 41.6 Å². The van der Waals surface area contributed by atoms with Gasteiger partial charge in [0.1, 0.15) is 5.76 Å². The minimum absolute atomic E-state index is 0.408. The maximum absolute atomic E-state index is 10.7. The number of isocyanates is 1.